The summed E-state index contributed by atoms with van der Waals surface area (Å²) in [5.74, 6) is 2.66. The van der Waals surface area contributed by atoms with Crippen LogP contribution in [0.1, 0.15) is 69.8 Å². The lowest BCUT2D eigenvalue weighted by Crippen LogP contribution is -2.14. The lowest BCUT2D eigenvalue weighted by Gasteiger charge is -2.18. The summed E-state index contributed by atoms with van der Waals surface area (Å²) in [5.41, 5.74) is 1.48. The van der Waals surface area contributed by atoms with Gasteiger partial charge in [0.05, 0.1) is 10.2 Å². The second-order valence-electron chi connectivity index (χ2n) is 6.17. The van der Waals surface area contributed by atoms with E-state index in [0.29, 0.717) is 5.92 Å². The standard InChI is InChI=1S/C15H22BrN3/c1-3-17-13-11(16)12(10-6-4-5-7-10)18-14(19-13)15(2)8-9-15/h10H,3-9H2,1-2H3,(H,17,18,19). The predicted octanol–water partition coefficient (Wildman–Crippen LogP) is 4.38. The molecule has 2 aliphatic rings. The minimum Gasteiger partial charge on any atom is -0.369 e. The molecule has 0 bridgehead atoms. The van der Waals surface area contributed by atoms with Crippen molar-refractivity contribution in [3.63, 3.8) is 0 Å². The number of nitrogens with one attached hydrogen (secondary N) is 1. The van der Waals surface area contributed by atoms with Gasteiger partial charge in [0.2, 0.25) is 0 Å². The first-order valence-corrected chi connectivity index (χ1v) is 8.25. The maximum atomic E-state index is 4.93. The molecule has 0 atom stereocenters. The quantitative estimate of drug-likeness (QED) is 0.893. The number of hydrogen-bond acceptors (Lipinski definition) is 3. The first kappa shape index (κ1) is 13.3. The van der Waals surface area contributed by atoms with Crippen LogP contribution < -0.4 is 5.32 Å². The average molecular weight is 324 g/mol. The highest BCUT2D eigenvalue weighted by molar-refractivity contribution is 9.10. The third kappa shape index (κ3) is 2.51. The molecule has 1 heterocycles. The lowest BCUT2D eigenvalue weighted by molar-refractivity contribution is 0.646. The van der Waals surface area contributed by atoms with E-state index < -0.39 is 0 Å². The highest BCUT2D eigenvalue weighted by atomic mass is 79.9. The highest BCUT2D eigenvalue weighted by Crippen LogP contribution is 2.48. The molecule has 2 saturated carbocycles. The fourth-order valence-electron chi connectivity index (χ4n) is 2.90. The van der Waals surface area contributed by atoms with E-state index in [-0.39, 0.29) is 5.41 Å². The Kier molecular flexibility index (Phi) is 3.54. The molecule has 19 heavy (non-hydrogen) atoms. The molecule has 0 saturated heterocycles. The van der Waals surface area contributed by atoms with E-state index in [4.69, 9.17) is 9.97 Å². The normalized spacial score (nSPS) is 21.6. The molecule has 4 heteroatoms. The molecule has 0 amide bonds. The average Bonchev–Trinajstić information content (AvgIpc) is 2.94. The first-order chi connectivity index (χ1) is 9.14. The molecule has 2 aliphatic carbocycles. The molecule has 3 nitrogen and oxygen atoms in total. The van der Waals surface area contributed by atoms with Crippen LogP contribution in [0.15, 0.2) is 4.47 Å². The number of rotatable bonds is 4. The first-order valence-electron chi connectivity index (χ1n) is 7.46. The Morgan fingerprint density at radius 1 is 1.26 bits per heavy atom. The Bertz CT molecular complexity index is 477. The molecular formula is C15H22BrN3. The van der Waals surface area contributed by atoms with Crippen molar-refractivity contribution < 1.29 is 0 Å². The molecule has 2 fully saturated rings. The molecule has 0 aromatic carbocycles. The summed E-state index contributed by atoms with van der Waals surface area (Å²) in [6, 6.07) is 0. The summed E-state index contributed by atoms with van der Waals surface area (Å²) in [6.45, 7) is 5.29. The smallest absolute Gasteiger partial charge is 0.144 e. The Morgan fingerprint density at radius 3 is 2.53 bits per heavy atom. The molecule has 1 N–H and O–H groups in total. The Morgan fingerprint density at radius 2 is 1.95 bits per heavy atom. The number of hydrogen-bond donors (Lipinski definition) is 1. The number of aromatic nitrogens is 2. The van der Waals surface area contributed by atoms with Crippen molar-refractivity contribution in [2.45, 2.75) is 63.7 Å². The maximum Gasteiger partial charge on any atom is 0.144 e. The van der Waals surface area contributed by atoms with Gasteiger partial charge in [-0.05, 0) is 48.5 Å². The van der Waals surface area contributed by atoms with Crippen LogP contribution in [0.5, 0.6) is 0 Å². The molecule has 0 spiro atoms. The van der Waals surface area contributed by atoms with E-state index in [1.54, 1.807) is 0 Å². The van der Waals surface area contributed by atoms with Crippen molar-refractivity contribution >= 4 is 21.7 Å². The van der Waals surface area contributed by atoms with Crippen molar-refractivity contribution in [2.75, 3.05) is 11.9 Å². The molecule has 1 aromatic heterocycles. The van der Waals surface area contributed by atoms with Crippen LogP contribution >= 0.6 is 15.9 Å². The van der Waals surface area contributed by atoms with E-state index in [0.717, 1.165) is 22.7 Å². The third-order valence-corrected chi connectivity index (χ3v) is 5.28. The summed E-state index contributed by atoms with van der Waals surface area (Å²) in [5, 5.41) is 3.38. The Hall–Kier alpha value is -0.640. The van der Waals surface area contributed by atoms with Gasteiger partial charge in [-0.2, -0.15) is 0 Å². The highest BCUT2D eigenvalue weighted by Gasteiger charge is 2.43. The molecule has 0 aliphatic heterocycles. The fraction of sp³-hybridized carbons (Fsp3) is 0.733. The van der Waals surface area contributed by atoms with Crippen molar-refractivity contribution in [3.05, 3.63) is 16.0 Å². The van der Waals surface area contributed by atoms with Gasteiger partial charge in [0.25, 0.3) is 0 Å². The van der Waals surface area contributed by atoms with Crippen molar-refractivity contribution in [3.8, 4) is 0 Å². The van der Waals surface area contributed by atoms with Crippen LogP contribution in [0.25, 0.3) is 0 Å². The van der Waals surface area contributed by atoms with E-state index in [9.17, 15) is 0 Å². The molecule has 0 radical (unpaired) electrons. The molecule has 0 unspecified atom stereocenters. The van der Waals surface area contributed by atoms with Gasteiger partial charge in [0.1, 0.15) is 11.6 Å². The molecule has 1 aromatic rings. The van der Waals surface area contributed by atoms with Gasteiger partial charge in [-0.1, -0.05) is 19.8 Å². The van der Waals surface area contributed by atoms with E-state index in [2.05, 4.69) is 35.1 Å². The monoisotopic (exact) mass is 323 g/mol. The topological polar surface area (TPSA) is 37.8 Å². The van der Waals surface area contributed by atoms with E-state index in [1.165, 1.54) is 44.2 Å². The second-order valence-corrected chi connectivity index (χ2v) is 6.96. The second kappa shape index (κ2) is 5.04. The van der Waals surface area contributed by atoms with Crippen LogP contribution in [0.3, 0.4) is 0 Å². The van der Waals surface area contributed by atoms with Crippen LogP contribution in [-0.2, 0) is 5.41 Å². The van der Waals surface area contributed by atoms with Gasteiger partial charge >= 0.3 is 0 Å². The zero-order chi connectivity index (χ0) is 13.5. The summed E-state index contributed by atoms with van der Waals surface area (Å²) >= 11 is 3.73. The van der Waals surface area contributed by atoms with Crippen molar-refractivity contribution in [1.82, 2.24) is 9.97 Å². The van der Waals surface area contributed by atoms with E-state index in [1.807, 2.05) is 0 Å². The SMILES string of the molecule is CCNc1nc(C2(C)CC2)nc(C2CCCC2)c1Br. The Balaban J connectivity index is 2.02. The summed E-state index contributed by atoms with van der Waals surface area (Å²) in [7, 11) is 0. The zero-order valence-corrected chi connectivity index (χ0v) is 13.4. The minimum atomic E-state index is 0.234. The third-order valence-electron chi connectivity index (χ3n) is 4.50. The van der Waals surface area contributed by atoms with Gasteiger partial charge in [0, 0.05) is 17.9 Å². The number of anilines is 1. The summed E-state index contributed by atoms with van der Waals surface area (Å²) in [4.78, 5) is 9.69. The minimum absolute atomic E-state index is 0.234. The van der Waals surface area contributed by atoms with Crippen LogP contribution in [0.4, 0.5) is 5.82 Å². The van der Waals surface area contributed by atoms with Gasteiger partial charge < -0.3 is 5.32 Å². The largest absolute Gasteiger partial charge is 0.369 e. The lowest BCUT2D eigenvalue weighted by atomic mass is 10.0. The van der Waals surface area contributed by atoms with Gasteiger partial charge in [-0.3, -0.25) is 0 Å². The van der Waals surface area contributed by atoms with Crippen LogP contribution in [-0.4, -0.2) is 16.5 Å². The molecule has 104 valence electrons. The van der Waals surface area contributed by atoms with Gasteiger partial charge in [-0.25, -0.2) is 9.97 Å². The summed E-state index contributed by atoms with van der Waals surface area (Å²) < 4.78 is 1.09. The van der Waals surface area contributed by atoms with Crippen molar-refractivity contribution in [1.29, 1.82) is 0 Å². The van der Waals surface area contributed by atoms with Crippen LogP contribution in [0.2, 0.25) is 0 Å². The number of nitrogens with zero attached hydrogens (tertiary/aromatic N) is 2. The predicted molar refractivity (Wildman–Crippen MR) is 81.7 cm³/mol. The Labute approximate surface area is 123 Å². The fourth-order valence-corrected chi connectivity index (χ4v) is 3.54. The van der Waals surface area contributed by atoms with Crippen LogP contribution in [0, 0.1) is 0 Å². The van der Waals surface area contributed by atoms with Gasteiger partial charge in [0.15, 0.2) is 0 Å². The molecule has 3 rings (SSSR count). The van der Waals surface area contributed by atoms with Crippen molar-refractivity contribution in [2.24, 2.45) is 0 Å². The maximum absolute atomic E-state index is 4.93. The zero-order valence-electron chi connectivity index (χ0n) is 11.8. The molecular weight excluding hydrogens is 302 g/mol. The van der Waals surface area contributed by atoms with E-state index >= 15 is 0 Å². The summed E-state index contributed by atoms with van der Waals surface area (Å²) in [6.07, 6.45) is 7.68. The number of halogens is 1. The van der Waals surface area contributed by atoms with Gasteiger partial charge in [-0.15, -0.1) is 0 Å².